The zero-order chi connectivity index (χ0) is 18.9. The van der Waals surface area contributed by atoms with Gasteiger partial charge in [-0.2, -0.15) is 8.78 Å². The number of nitrogens with zero attached hydrogens (tertiary/aromatic N) is 1. The molecule has 1 atom stereocenters. The number of halogens is 4. The number of anilines is 1. The molecule has 0 amide bonds. The molecule has 3 rings (SSSR count). The first kappa shape index (κ1) is 18.1. The molecule has 0 radical (unpaired) electrons. The van der Waals surface area contributed by atoms with Gasteiger partial charge in [0.1, 0.15) is 11.5 Å². The zero-order valence-electron chi connectivity index (χ0n) is 14.1. The van der Waals surface area contributed by atoms with Gasteiger partial charge in [0.05, 0.1) is 0 Å². The van der Waals surface area contributed by atoms with Crippen molar-refractivity contribution < 1.29 is 27.0 Å². The minimum absolute atomic E-state index is 0.0330. The maximum absolute atomic E-state index is 13.6. The van der Waals surface area contributed by atoms with Crippen LogP contribution in [0.4, 0.5) is 23.2 Å². The summed E-state index contributed by atoms with van der Waals surface area (Å²) in [5.74, 6) is -2.32. The molecule has 0 aromatic heterocycles. The van der Waals surface area contributed by atoms with Crippen molar-refractivity contribution in [1.29, 1.82) is 0 Å². The van der Waals surface area contributed by atoms with E-state index in [1.54, 1.807) is 42.3 Å². The van der Waals surface area contributed by atoms with Crippen LogP contribution in [-0.4, -0.2) is 6.61 Å². The van der Waals surface area contributed by atoms with Crippen LogP contribution in [0.5, 0.6) is 5.75 Å². The third-order valence-electron chi connectivity index (χ3n) is 3.91. The van der Waals surface area contributed by atoms with Crippen molar-refractivity contribution in [2.24, 2.45) is 0 Å². The van der Waals surface area contributed by atoms with E-state index in [0.29, 0.717) is 17.0 Å². The lowest BCUT2D eigenvalue weighted by molar-refractivity contribution is -0.0498. The molecule has 0 saturated heterocycles. The summed E-state index contributed by atoms with van der Waals surface area (Å²) in [6.45, 7) is -0.311. The van der Waals surface area contributed by atoms with Crippen molar-refractivity contribution in [3.05, 3.63) is 71.6 Å². The Bertz CT molecular complexity index is 800. The van der Waals surface area contributed by atoms with E-state index in [0.717, 1.165) is 6.92 Å². The molecule has 0 aliphatic carbocycles. The smallest absolute Gasteiger partial charge is 0.387 e. The first-order valence-corrected chi connectivity index (χ1v) is 7.90. The number of hydrogen-bond acceptors (Lipinski definition) is 3. The highest BCUT2D eigenvalue weighted by molar-refractivity contribution is 5.55. The summed E-state index contributed by atoms with van der Waals surface area (Å²) in [6.07, 6.45) is 1.12. The van der Waals surface area contributed by atoms with Gasteiger partial charge in [-0.05, 0) is 43.3 Å². The topological polar surface area (TPSA) is 21.7 Å². The van der Waals surface area contributed by atoms with Gasteiger partial charge in [-0.1, -0.05) is 12.1 Å². The molecule has 1 aliphatic heterocycles. The van der Waals surface area contributed by atoms with Gasteiger partial charge < -0.3 is 14.4 Å². The maximum atomic E-state index is 13.6. The number of alkyl halides is 4. The lowest BCUT2D eigenvalue weighted by Crippen LogP contribution is -2.20. The predicted molar refractivity (Wildman–Crippen MR) is 89.1 cm³/mol. The summed E-state index contributed by atoms with van der Waals surface area (Å²) in [5, 5.41) is 0. The van der Waals surface area contributed by atoms with E-state index in [4.69, 9.17) is 4.74 Å². The lowest BCUT2D eigenvalue weighted by Gasteiger charge is -2.26. The first-order valence-electron chi connectivity index (χ1n) is 7.90. The Hall–Kier alpha value is -2.70. The summed E-state index contributed by atoms with van der Waals surface area (Å²) >= 11 is 0. The largest absolute Gasteiger partial charge is 0.469 e. The van der Waals surface area contributed by atoms with E-state index in [2.05, 4.69) is 4.74 Å². The second-order valence-corrected chi connectivity index (χ2v) is 6.00. The molecule has 0 N–H and O–H groups in total. The Morgan fingerprint density at radius 2 is 1.81 bits per heavy atom. The van der Waals surface area contributed by atoms with E-state index in [9.17, 15) is 17.6 Å². The van der Waals surface area contributed by atoms with Gasteiger partial charge in [-0.15, -0.1) is 0 Å². The van der Waals surface area contributed by atoms with Crippen LogP contribution in [0.3, 0.4) is 0 Å². The van der Waals surface area contributed by atoms with Crippen molar-refractivity contribution in [2.75, 3.05) is 4.90 Å². The van der Waals surface area contributed by atoms with Crippen LogP contribution >= 0.6 is 0 Å². The molecule has 0 saturated carbocycles. The molecule has 0 fully saturated rings. The van der Waals surface area contributed by atoms with Crippen molar-refractivity contribution in [3.63, 3.8) is 0 Å². The predicted octanol–water partition coefficient (Wildman–Crippen LogP) is 5.80. The molecular weight excluding hydrogens is 350 g/mol. The van der Waals surface area contributed by atoms with Crippen LogP contribution < -0.4 is 9.64 Å². The second-order valence-electron chi connectivity index (χ2n) is 6.00. The number of allylic oxidation sites excluding steroid dienone is 1. The van der Waals surface area contributed by atoms with Crippen LogP contribution in [0, 0.1) is 0 Å². The zero-order valence-corrected chi connectivity index (χ0v) is 14.1. The van der Waals surface area contributed by atoms with Gasteiger partial charge in [0.2, 0.25) is 6.23 Å². The van der Waals surface area contributed by atoms with Gasteiger partial charge >= 0.3 is 6.61 Å². The van der Waals surface area contributed by atoms with E-state index < -0.39 is 18.8 Å². The van der Waals surface area contributed by atoms with Gasteiger partial charge in [0, 0.05) is 29.9 Å². The highest BCUT2D eigenvalue weighted by Gasteiger charge is 2.30. The van der Waals surface area contributed by atoms with Crippen LogP contribution in [0.2, 0.25) is 0 Å². The molecule has 0 spiro atoms. The monoisotopic (exact) mass is 367 g/mol. The van der Waals surface area contributed by atoms with Crippen molar-refractivity contribution in [3.8, 4) is 5.75 Å². The second kappa shape index (κ2) is 6.90. The molecule has 2 aromatic rings. The molecule has 1 aliphatic rings. The number of rotatable bonds is 5. The first-order chi connectivity index (χ1) is 12.2. The molecular formula is C19H17F4NO2. The highest BCUT2D eigenvalue weighted by Crippen LogP contribution is 2.38. The Morgan fingerprint density at radius 3 is 2.42 bits per heavy atom. The lowest BCUT2D eigenvalue weighted by atomic mass is 10.1. The summed E-state index contributed by atoms with van der Waals surface area (Å²) < 4.78 is 61.9. The van der Waals surface area contributed by atoms with E-state index in [1.807, 2.05) is 0 Å². The average molecular weight is 367 g/mol. The maximum Gasteiger partial charge on any atom is 0.387 e. The average Bonchev–Trinajstić information content (AvgIpc) is 2.96. The van der Waals surface area contributed by atoms with Gasteiger partial charge in [-0.3, -0.25) is 0 Å². The summed E-state index contributed by atoms with van der Waals surface area (Å²) in [7, 11) is 0. The number of benzene rings is 2. The molecule has 2 aromatic carbocycles. The van der Waals surface area contributed by atoms with Crippen LogP contribution in [-0.2, 0) is 10.7 Å². The van der Waals surface area contributed by atoms with Gasteiger partial charge in [0.25, 0.3) is 5.92 Å². The van der Waals surface area contributed by atoms with E-state index in [1.165, 1.54) is 24.3 Å². The molecule has 0 bridgehead atoms. The summed E-state index contributed by atoms with van der Waals surface area (Å²) in [4.78, 5) is 1.72. The fraction of sp³-hybridized carbons (Fsp3) is 0.263. The Morgan fingerprint density at radius 1 is 1.12 bits per heavy atom. The van der Waals surface area contributed by atoms with Crippen LogP contribution in [0.1, 0.15) is 31.2 Å². The third kappa shape index (κ3) is 3.92. The standard InChI is InChI=1S/C19H17F4NO2/c1-12-11-24(15-5-3-4-14(10-15)19(2,22)23)17(25-12)13-6-8-16(9-7-13)26-18(20)21/h3-11,17-18H,1-2H3. The van der Waals surface area contributed by atoms with E-state index in [-0.39, 0.29) is 11.3 Å². The third-order valence-corrected chi connectivity index (χ3v) is 3.91. The fourth-order valence-corrected chi connectivity index (χ4v) is 2.72. The summed E-state index contributed by atoms with van der Waals surface area (Å²) in [6, 6.07) is 12.0. The molecule has 1 unspecified atom stereocenters. The minimum Gasteiger partial charge on any atom is -0.469 e. The minimum atomic E-state index is -2.96. The molecule has 1 heterocycles. The molecule has 138 valence electrons. The van der Waals surface area contributed by atoms with Gasteiger partial charge in [0.15, 0.2) is 0 Å². The number of ether oxygens (including phenoxy) is 2. The van der Waals surface area contributed by atoms with Crippen molar-refractivity contribution in [1.82, 2.24) is 0 Å². The van der Waals surface area contributed by atoms with Crippen molar-refractivity contribution >= 4 is 5.69 Å². The number of hydrogen-bond donors (Lipinski definition) is 0. The molecule has 26 heavy (non-hydrogen) atoms. The van der Waals surface area contributed by atoms with Crippen LogP contribution in [0.25, 0.3) is 0 Å². The normalized spacial score (nSPS) is 17.3. The molecule has 3 nitrogen and oxygen atoms in total. The highest BCUT2D eigenvalue weighted by atomic mass is 19.3. The summed E-state index contributed by atoms with van der Waals surface area (Å²) in [5.41, 5.74) is 1.11. The van der Waals surface area contributed by atoms with Gasteiger partial charge in [-0.25, -0.2) is 8.78 Å². The Labute approximate surface area is 148 Å². The molecule has 7 heteroatoms. The SMILES string of the molecule is CC1=CN(c2cccc(C(C)(F)F)c2)C(c2ccc(OC(F)F)cc2)O1. The van der Waals surface area contributed by atoms with E-state index >= 15 is 0 Å². The quantitative estimate of drug-likeness (QED) is 0.624. The fourth-order valence-electron chi connectivity index (χ4n) is 2.72. The Balaban J connectivity index is 1.89. The van der Waals surface area contributed by atoms with Crippen molar-refractivity contribution in [2.45, 2.75) is 32.6 Å². The van der Waals surface area contributed by atoms with Crippen LogP contribution in [0.15, 0.2) is 60.5 Å². The Kier molecular flexibility index (Phi) is 4.80.